The molecule has 0 radical (unpaired) electrons. The van der Waals surface area contributed by atoms with Crippen LogP contribution in [0.3, 0.4) is 0 Å². The third kappa shape index (κ3) is 2.99. The van der Waals surface area contributed by atoms with Gasteiger partial charge in [-0.1, -0.05) is 22.9 Å². The molecule has 0 unspecified atom stereocenters. The third-order valence-electron chi connectivity index (χ3n) is 3.95. The molecule has 24 heavy (non-hydrogen) atoms. The number of pyridine rings is 1. The molecule has 0 bridgehead atoms. The monoisotopic (exact) mass is 385 g/mol. The van der Waals surface area contributed by atoms with Gasteiger partial charge in [-0.15, -0.1) is 0 Å². The van der Waals surface area contributed by atoms with E-state index in [0.29, 0.717) is 11.1 Å². The Labute approximate surface area is 148 Å². The molecule has 0 saturated heterocycles. The molecule has 3 rings (SSSR count). The molecule has 3 aromatic rings. The molecule has 1 N–H and O–H groups in total. The number of aromatic nitrogens is 1. The van der Waals surface area contributed by atoms with Gasteiger partial charge in [0.1, 0.15) is 5.75 Å². The number of nitrogens with zero attached hydrogens (tertiary/aromatic N) is 1. The molecule has 0 aliphatic heterocycles. The first kappa shape index (κ1) is 16.5. The van der Waals surface area contributed by atoms with Crippen LogP contribution in [0.5, 0.6) is 5.75 Å². The van der Waals surface area contributed by atoms with Gasteiger partial charge >= 0.3 is 5.97 Å². The van der Waals surface area contributed by atoms with Crippen molar-refractivity contribution < 1.29 is 14.6 Å². The van der Waals surface area contributed by atoms with Crippen molar-refractivity contribution in [2.24, 2.45) is 0 Å². The zero-order valence-electron chi connectivity index (χ0n) is 13.3. The molecule has 0 saturated carbocycles. The molecule has 0 aliphatic rings. The van der Waals surface area contributed by atoms with Gasteiger partial charge in [0, 0.05) is 15.4 Å². The van der Waals surface area contributed by atoms with Gasteiger partial charge in [0.25, 0.3) is 0 Å². The molecular weight excluding hydrogens is 370 g/mol. The van der Waals surface area contributed by atoms with E-state index >= 15 is 0 Å². The maximum absolute atomic E-state index is 11.7. The molecular formula is C19H16BrNO3. The van der Waals surface area contributed by atoms with Crippen molar-refractivity contribution in [1.82, 2.24) is 4.98 Å². The summed E-state index contributed by atoms with van der Waals surface area (Å²) < 4.78 is 6.02. The second kappa shape index (κ2) is 6.61. The third-order valence-corrected chi connectivity index (χ3v) is 4.41. The molecule has 0 fully saturated rings. The minimum Gasteiger partial charge on any atom is -0.497 e. The van der Waals surface area contributed by atoms with Gasteiger partial charge in [-0.3, -0.25) is 0 Å². The van der Waals surface area contributed by atoms with Crippen LogP contribution in [0.15, 0.2) is 46.9 Å². The quantitative estimate of drug-likeness (QED) is 0.691. The van der Waals surface area contributed by atoms with E-state index in [-0.39, 0.29) is 5.56 Å². The number of aryl methyl sites for hydroxylation is 1. The number of carboxylic acids is 1. The number of carbonyl (C=O) groups is 1. The Bertz CT molecular complexity index is 920. The van der Waals surface area contributed by atoms with Gasteiger partial charge in [-0.05, 0) is 54.4 Å². The first-order valence-electron chi connectivity index (χ1n) is 7.54. The van der Waals surface area contributed by atoms with Crippen molar-refractivity contribution in [3.63, 3.8) is 0 Å². The van der Waals surface area contributed by atoms with Crippen molar-refractivity contribution in [3.8, 4) is 17.0 Å². The summed E-state index contributed by atoms with van der Waals surface area (Å²) in [5.41, 5.74) is 3.48. The lowest BCUT2D eigenvalue weighted by molar-refractivity contribution is 0.0699. The molecule has 1 heterocycles. The Balaban J connectivity index is 2.29. The molecule has 0 atom stereocenters. The second-order valence-corrected chi connectivity index (χ2v) is 6.32. The smallest absolute Gasteiger partial charge is 0.336 e. The lowest BCUT2D eigenvalue weighted by Gasteiger charge is -2.11. The zero-order valence-corrected chi connectivity index (χ0v) is 14.9. The lowest BCUT2D eigenvalue weighted by Crippen LogP contribution is -2.02. The van der Waals surface area contributed by atoms with Crippen molar-refractivity contribution in [2.75, 3.05) is 7.11 Å². The number of hydrogen-bond acceptors (Lipinski definition) is 3. The summed E-state index contributed by atoms with van der Waals surface area (Å²) in [7, 11) is 1.61. The highest BCUT2D eigenvalue weighted by Crippen LogP contribution is 2.30. The maximum Gasteiger partial charge on any atom is 0.336 e. The van der Waals surface area contributed by atoms with E-state index in [2.05, 4.69) is 15.9 Å². The first-order chi connectivity index (χ1) is 11.5. The second-order valence-electron chi connectivity index (χ2n) is 5.40. The SMILES string of the molecule is CCc1cc(Br)cc2c(C(=O)O)cc(-c3ccc(OC)cc3)nc12. The molecule has 0 aliphatic carbocycles. The fourth-order valence-electron chi connectivity index (χ4n) is 2.72. The normalized spacial score (nSPS) is 10.8. The lowest BCUT2D eigenvalue weighted by atomic mass is 10.0. The summed E-state index contributed by atoms with van der Waals surface area (Å²) in [6.45, 7) is 2.03. The van der Waals surface area contributed by atoms with Crippen molar-refractivity contribution in [1.29, 1.82) is 0 Å². The highest BCUT2D eigenvalue weighted by atomic mass is 79.9. The summed E-state index contributed by atoms with van der Waals surface area (Å²) >= 11 is 3.45. The number of aromatic carboxylic acids is 1. The largest absolute Gasteiger partial charge is 0.497 e. The number of fused-ring (bicyclic) bond motifs is 1. The van der Waals surface area contributed by atoms with Gasteiger partial charge in [-0.2, -0.15) is 0 Å². The standard InChI is InChI=1S/C19H16BrNO3/c1-3-11-8-13(20)9-15-16(19(22)23)10-17(21-18(11)15)12-4-6-14(24-2)7-5-12/h4-10H,3H2,1-2H3,(H,22,23). The van der Waals surface area contributed by atoms with Crippen LogP contribution in [0.1, 0.15) is 22.8 Å². The molecule has 5 heteroatoms. The summed E-state index contributed by atoms with van der Waals surface area (Å²) in [5, 5.41) is 10.3. The van der Waals surface area contributed by atoms with E-state index in [9.17, 15) is 9.90 Å². The van der Waals surface area contributed by atoms with Gasteiger partial charge in [0.15, 0.2) is 0 Å². The number of carboxylic acid groups (broad SMARTS) is 1. The average molecular weight is 386 g/mol. The molecule has 0 amide bonds. The van der Waals surface area contributed by atoms with Gasteiger partial charge in [0.05, 0.1) is 23.9 Å². The van der Waals surface area contributed by atoms with Crippen molar-refractivity contribution >= 4 is 32.8 Å². The maximum atomic E-state index is 11.7. The number of methoxy groups -OCH3 is 1. The van der Waals surface area contributed by atoms with E-state index in [1.807, 2.05) is 43.3 Å². The Kier molecular flexibility index (Phi) is 4.53. The van der Waals surface area contributed by atoms with Gasteiger partial charge in [-0.25, -0.2) is 9.78 Å². The number of benzene rings is 2. The summed E-state index contributed by atoms with van der Waals surface area (Å²) in [6.07, 6.45) is 0.772. The van der Waals surface area contributed by atoms with Crippen LogP contribution in [0.4, 0.5) is 0 Å². The first-order valence-corrected chi connectivity index (χ1v) is 8.33. The van der Waals surface area contributed by atoms with Crippen LogP contribution in [-0.4, -0.2) is 23.2 Å². The highest BCUT2D eigenvalue weighted by molar-refractivity contribution is 9.10. The molecule has 0 spiro atoms. The fraction of sp³-hybridized carbons (Fsp3) is 0.158. The average Bonchev–Trinajstić information content (AvgIpc) is 2.60. The van der Waals surface area contributed by atoms with Crippen LogP contribution in [0.25, 0.3) is 22.2 Å². The Morgan fingerprint density at radius 3 is 2.50 bits per heavy atom. The van der Waals surface area contributed by atoms with Gasteiger partial charge < -0.3 is 9.84 Å². The molecule has 122 valence electrons. The Hall–Kier alpha value is -2.40. The van der Waals surface area contributed by atoms with E-state index in [0.717, 1.165) is 33.3 Å². The van der Waals surface area contributed by atoms with Crippen LogP contribution in [-0.2, 0) is 6.42 Å². The zero-order chi connectivity index (χ0) is 17.3. The van der Waals surface area contributed by atoms with Crippen LogP contribution in [0.2, 0.25) is 0 Å². The predicted molar refractivity (Wildman–Crippen MR) is 97.8 cm³/mol. The number of ether oxygens (including phenoxy) is 1. The minimum absolute atomic E-state index is 0.252. The predicted octanol–water partition coefficient (Wildman–Crippen LogP) is 4.93. The van der Waals surface area contributed by atoms with Crippen LogP contribution >= 0.6 is 15.9 Å². The highest BCUT2D eigenvalue weighted by Gasteiger charge is 2.15. The Morgan fingerprint density at radius 2 is 1.92 bits per heavy atom. The minimum atomic E-state index is -0.961. The van der Waals surface area contributed by atoms with E-state index in [1.54, 1.807) is 13.2 Å². The Morgan fingerprint density at radius 1 is 1.21 bits per heavy atom. The topological polar surface area (TPSA) is 59.4 Å². The molecule has 2 aromatic carbocycles. The van der Waals surface area contributed by atoms with Crippen molar-refractivity contribution in [3.05, 3.63) is 58.1 Å². The number of hydrogen-bond donors (Lipinski definition) is 1. The summed E-state index contributed by atoms with van der Waals surface area (Å²) in [5.74, 6) is -0.214. The fourth-order valence-corrected chi connectivity index (χ4v) is 3.22. The van der Waals surface area contributed by atoms with E-state index in [1.165, 1.54) is 0 Å². The van der Waals surface area contributed by atoms with Crippen molar-refractivity contribution in [2.45, 2.75) is 13.3 Å². The molecule has 4 nitrogen and oxygen atoms in total. The van der Waals surface area contributed by atoms with Crippen LogP contribution < -0.4 is 4.74 Å². The number of rotatable bonds is 4. The molecule has 1 aromatic heterocycles. The van der Waals surface area contributed by atoms with E-state index < -0.39 is 5.97 Å². The summed E-state index contributed by atoms with van der Waals surface area (Å²) in [6, 6.07) is 12.8. The number of halogens is 1. The van der Waals surface area contributed by atoms with E-state index in [4.69, 9.17) is 9.72 Å². The van der Waals surface area contributed by atoms with Crippen LogP contribution in [0, 0.1) is 0 Å². The summed E-state index contributed by atoms with van der Waals surface area (Å²) in [4.78, 5) is 16.5. The van der Waals surface area contributed by atoms with Gasteiger partial charge in [0.2, 0.25) is 0 Å².